The number of benzene rings is 1. The van der Waals surface area contributed by atoms with Crippen molar-refractivity contribution in [2.45, 2.75) is 39.3 Å². The Bertz CT molecular complexity index is 975. The number of para-hydroxylation sites is 1. The molecule has 0 saturated heterocycles. The normalized spacial score (nSPS) is 14.0. The molecule has 0 atom stereocenters. The SMILES string of the molecule is CC(C)(C)c1ncc2c(n1)CN(C(=O)c1cnc3ccccc3c1)C2. The third-order valence-corrected chi connectivity index (χ3v) is 4.45. The van der Waals surface area contributed by atoms with Gasteiger partial charge in [-0.1, -0.05) is 39.0 Å². The van der Waals surface area contributed by atoms with E-state index in [2.05, 4.69) is 35.7 Å². The summed E-state index contributed by atoms with van der Waals surface area (Å²) in [6.45, 7) is 7.34. The van der Waals surface area contributed by atoms with Gasteiger partial charge in [-0.25, -0.2) is 9.97 Å². The molecular weight excluding hydrogens is 312 g/mol. The Kier molecular flexibility index (Phi) is 3.53. The lowest BCUT2D eigenvalue weighted by atomic mass is 9.95. The van der Waals surface area contributed by atoms with Gasteiger partial charge in [0.1, 0.15) is 5.82 Å². The number of rotatable bonds is 1. The first-order chi connectivity index (χ1) is 11.9. The van der Waals surface area contributed by atoms with Gasteiger partial charge in [0.25, 0.3) is 5.91 Å². The zero-order valence-corrected chi connectivity index (χ0v) is 14.7. The van der Waals surface area contributed by atoms with Crippen LogP contribution in [0, 0.1) is 0 Å². The summed E-state index contributed by atoms with van der Waals surface area (Å²) in [5, 5.41) is 0.972. The van der Waals surface area contributed by atoms with E-state index in [-0.39, 0.29) is 11.3 Å². The van der Waals surface area contributed by atoms with Gasteiger partial charge < -0.3 is 4.90 Å². The molecule has 5 heteroatoms. The fraction of sp³-hybridized carbons (Fsp3) is 0.300. The molecule has 3 heterocycles. The molecule has 0 spiro atoms. The first kappa shape index (κ1) is 15.7. The monoisotopic (exact) mass is 332 g/mol. The lowest BCUT2D eigenvalue weighted by Gasteiger charge is -2.16. The molecule has 4 rings (SSSR count). The van der Waals surface area contributed by atoms with Crippen LogP contribution < -0.4 is 0 Å². The molecule has 126 valence electrons. The number of pyridine rings is 1. The zero-order valence-electron chi connectivity index (χ0n) is 14.7. The Hall–Kier alpha value is -2.82. The maximum atomic E-state index is 12.9. The molecule has 1 aliphatic heterocycles. The average Bonchev–Trinajstić information content (AvgIpc) is 3.03. The molecule has 3 aromatic rings. The van der Waals surface area contributed by atoms with E-state index < -0.39 is 0 Å². The summed E-state index contributed by atoms with van der Waals surface area (Å²) in [5.74, 6) is 0.793. The summed E-state index contributed by atoms with van der Waals surface area (Å²) in [4.78, 5) is 28.2. The van der Waals surface area contributed by atoms with E-state index >= 15 is 0 Å². The van der Waals surface area contributed by atoms with Crippen LogP contribution >= 0.6 is 0 Å². The summed E-state index contributed by atoms with van der Waals surface area (Å²) in [7, 11) is 0. The van der Waals surface area contributed by atoms with Gasteiger partial charge in [0, 0.05) is 35.3 Å². The molecule has 1 aliphatic rings. The van der Waals surface area contributed by atoms with Crippen molar-refractivity contribution in [3.8, 4) is 0 Å². The highest BCUT2D eigenvalue weighted by Crippen LogP contribution is 2.26. The van der Waals surface area contributed by atoms with Crippen molar-refractivity contribution in [3.05, 3.63) is 65.4 Å². The summed E-state index contributed by atoms with van der Waals surface area (Å²) < 4.78 is 0. The van der Waals surface area contributed by atoms with Crippen molar-refractivity contribution in [1.29, 1.82) is 0 Å². The molecule has 25 heavy (non-hydrogen) atoms. The smallest absolute Gasteiger partial charge is 0.256 e. The number of carbonyl (C=O) groups excluding carboxylic acids is 1. The van der Waals surface area contributed by atoms with Crippen molar-refractivity contribution in [2.75, 3.05) is 0 Å². The number of aromatic nitrogens is 3. The Morgan fingerprint density at radius 1 is 1.08 bits per heavy atom. The maximum absolute atomic E-state index is 12.9. The van der Waals surface area contributed by atoms with E-state index in [1.54, 1.807) is 11.1 Å². The van der Waals surface area contributed by atoms with Gasteiger partial charge in [0.05, 0.1) is 23.3 Å². The van der Waals surface area contributed by atoms with Crippen LogP contribution in [-0.2, 0) is 18.5 Å². The fourth-order valence-electron chi connectivity index (χ4n) is 3.03. The van der Waals surface area contributed by atoms with Crippen LogP contribution in [0.25, 0.3) is 10.9 Å². The Morgan fingerprint density at radius 2 is 1.88 bits per heavy atom. The van der Waals surface area contributed by atoms with E-state index in [4.69, 9.17) is 0 Å². The highest BCUT2D eigenvalue weighted by atomic mass is 16.2. The fourth-order valence-corrected chi connectivity index (χ4v) is 3.03. The van der Waals surface area contributed by atoms with Crippen molar-refractivity contribution >= 4 is 16.8 Å². The summed E-state index contributed by atoms with van der Waals surface area (Å²) >= 11 is 0. The lowest BCUT2D eigenvalue weighted by molar-refractivity contribution is 0.0750. The zero-order chi connectivity index (χ0) is 17.6. The van der Waals surface area contributed by atoms with Crippen LogP contribution in [-0.4, -0.2) is 25.8 Å². The molecule has 1 aromatic carbocycles. The van der Waals surface area contributed by atoms with E-state index in [1.165, 1.54) is 0 Å². The Balaban J connectivity index is 1.61. The van der Waals surface area contributed by atoms with E-state index in [0.717, 1.165) is 28.0 Å². The quantitative estimate of drug-likeness (QED) is 0.684. The van der Waals surface area contributed by atoms with Gasteiger partial charge in [-0.2, -0.15) is 0 Å². The van der Waals surface area contributed by atoms with Gasteiger partial charge in [-0.15, -0.1) is 0 Å². The van der Waals surface area contributed by atoms with Crippen LogP contribution in [0.4, 0.5) is 0 Å². The van der Waals surface area contributed by atoms with Crippen molar-refractivity contribution in [2.24, 2.45) is 0 Å². The molecule has 0 bridgehead atoms. The first-order valence-corrected chi connectivity index (χ1v) is 8.41. The average molecular weight is 332 g/mol. The van der Waals surface area contributed by atoms with Crippen LogP contribution in [0.3, 0.4) is 0 Å². The van der Waals surface area contributed by atoms with Crippen molar-refractivity contribution < 1.29 is 4.79 Å². The predicted molar refractivity (Wildman–Crippen MR) is 96.1 cm³/mol. The summed E-state index contributed by atoms with van der Waals surface area (Å²) in [6, 6.07) is 9.71. The number of amides is 1. The molecule has 2 aromatic heterocycles. The number of carbonyl (C=O) groups is 1. The van der Waals surface area contributed by atoms with Crippen LogP contribution in [0.2, 0.25) is 0 Å². The summed E-state index contributed by atoms with van der Waals surface area (Å²) in [6.07, 6.45) is 3.51. The minimum Gasteiger partial charge on any atom is -0.328 e. The minimum absolute atomic E-state index is 0.0199. The number of hydrogen-bond acceptors (Lipinski definition) is 4. The van der Waals surface area contributed by atoms with Crippen LogP contribution in [0.15, 0.2) is 42.7 Å². The van der Waals surface area contributed by atoms with Gasteiger partial charge in [-0.05, 0) is 12.1 Å². The van der Waals surface area contributed by atoms with E-state index in [9.17, 15) is 4.79 Å². The number of fused-ring (bicyclic) bond motifs is 2. The highest BCUT2D eigenvalue weighted by molar-refractivity contribution is 5.97. The van der Waals surface area contributed by atoms with Crippen LogP contribution in [0.1, 0.15) is 48.2 Å². The highest BCUT2D eigenvalue weighted by Gasteiger charge is 2.28. The molecular formula is C20H20N4O. The van der Waals surface area contributed by atoms with Gasteiger partial charge in [-0.3, -0.25) is 9.78 Å². The standard InChI is InChI=1S/C20H20N4O/c1-20(2,3)19-22-10-15-11-24(12-17(15)23-19)18(25)14-8-13-6-4-5-7-16(13)21-9-14/h4-10H,11-12H2,1-3H3. The third-order valence-electron chi connectivity index (χ3n) is 4.45. The first-order valence-electron chi connectivity index (χ1n) is 8.41. The molecule has 5 nitrogen and oxygen atoms in total. The molecule has 0 N–H and O–H groups in total. The maximum Gasteiger partial charge on any atom is 0.256 e. The third kappa shape index (κ3) is 2.86. The van der Waals surface area contributed by atoms with E-state index in [1.807, 2.05) is 36.5 Å². The second-order valence-corrected chi connectivity index (χ2v) is 7.49. The topological polar surface area (TPSA) is 59.0 Å². The molecule has 0 fully saturated rings. The van der Waals surface area contributed by atoms with E-state index in [0.29, 0.717) is 18.7 Å². The Labute approximate surface area is 146 Å². The number of nitrogens with zero attached hydrogens (tertiary/aromatic N) is 4. The minimum atomic E-state index is -0.102. The van der Waals surface area contributed by atoms with Crippen molar-refractivity contribution in [1.82, 2.24) is 19.9 Å². The lowest BCUT2D eigenvalue weighted by Crippen LogP contribution is -2.25. The molecule has 0 saturated carbocycles. The van der Waals surface area contributed by atoms with Gasteiger partial charge in [0.15, 0.2) is 0 Å². The Morgan fingerprint density at radius 3 is 2.68 bits per heavy atom. The van der Waals surface area contributed by atoms with Gasteiger partial charge >= 0.3 is 0 Å². The van der Waals surface area contributed by atoms with Crippen LogP contribution in [0.5, 0.6) is 0 Å². The second kappa shape index (κ2) is 5.62. The summed E-state index contributed by atoms with van der Waals surface area (Å²) in [5.41, 5.74) is 3.37. The van der Waals surface area contributed by atoms with Crippen molar-refractivity contribution in [3.63, 3.8) is 0 Å². The predicted octanol–water partition coefficient (Wildman–Crippen LogP) is 3.48. The molecule has 0 aliphatic carbocycles. The van der Waals surface area contributed by atoms with Gasteiger partial charge in [0.2, 0.25) is 0 Å². The molecule has 1 amide bonds. The second-order valence-electron chi connectivity index (χ2n) is 7.49. The molecule has 0 radical (unpaired) electrons. The largest absolute Gasteiger partial charge is 0.328 e. The number of hydrogen-bond donors (Lipinski definition) is 0. The molecule has 0 unspecified atom stereocenters.